The molecule has 0 amide bonds. The molecule has 3 heteroatoms. The van der Waals surface area contributed by atoms with Gasteiger partial charge in [0.1, 0.15) is 0 Å². The van der Waals surface area contributed by atoms with Gasteiger partial charge in [-0.25, -0.2) is 5.48 Å². The van der Waals surface area contributed by atoms with Crippen molar-refractivity contribution in [3.8, 4) is 0 Å². The summed E-state index contributed by atoms with van der Waals surface area (Å²) in [6.45, 7) is 5.83. The first kappa shape index (κ1) is 13.4. The third-order valence-electron chi connectivity index (χ3n) is 1.68. The van der Waals surface area contributed by atoms with E-state index < -0.39 is 0 Å². The Kier molecular flexibility index (Phi) is 7.48. The lowest BCUT2D eigenvalue weighted by Gasteiger charge is -2.07. The number of benzene rings is 1. The van der Waals surface area contributed by atoms with Gasteiger partial charge in [-0.1, -0.05) is 44.2 Å². The molecular weight excluding hydrogens is 198 g/mol. The number of rotatable bonds is 5. The zero-order valence-corrected chi connectivity index (χ0v) is 9.51. The van der Waals surface area contributed by atoms with Gasteiger partial charge in [0, 0.05) is 6.54 Å². The van der Waals surface area contributed by atoms with Gasteiger partial charge in [0.05, 0.1) is 6.61 Å². The quantitative estimate of drug-likeness (QED) is 0.603. The van der Waals surface area contributed by atoms with Crippen molar-refractivity contribution in [3.63, 3.8) is 0 Å². The van der Waals surface area contributed by atoms with Crippen molar-refractivity contribution in [3.05, 3.63) is 35.9 Å². The highest BCUT2D eigenvalue weighted by Gasteiger charge is 1.93. The van der Waals surface area contributed by atoms with Crippen molar-refractivity contribution >= 4 is 12.4 Å². The number of hydrogen-bond donors (Lipinski definition) is 1. The zero-order chi connectivity index (χ0) is 9.52. The minimum absolute atomic E-state index is 0. The van der Waals surface area contributed by atoms with Crippen LogP contribution in [-0.4, -0.2) is 6.54 Å². The second kappa shape index (κ2) is 7.80. The SMILES string of the molecule is CC(C)CNOCc1ccccc1.Cl. The van der Waals surface area contributed by atoms with E-state index in [9.17, 15) is 0 Å². The lowest BCUT2D eigenvalue weighted by molar-refractivity contribution is 0.0221. The molecule has 0 fully saturated rings. The molecule has 0 spiro atoms. The summed E-state index contributed by atoms with van der Waals surface area (Å²) in [5.41, 5.74) is 4.13. The van der Waals surface area contributed by atoms with E-state index in [1.807, 2.05) is 18.2 Å². The van der Waals surface area contributed by atoms with Gasteiger partial charge in [-0.15, -0.1) is 12.4 Å². The van der Waals surface area contributed by atoms with Gasteiger partial charge in [0.25, 0.3) is 0 Å². The van der Waals surface area contributed by atoms with Crippen LogP contribution in [0.3, 0.4) is 0 Å². The van der Waals surface area contributed by atoms with Crippen LogP contribution >= 0.6 is 12.4 Å². The second-order valence-corrected chi connectivity index (χ2v) is 3.52. The van der Waals surface area contributed by atoms with Gasteiger partial charge in [-0.3, -0.25) is 4.84 Å². The third kappa shape index (κ3) is 5.97. The highest BCUT2D eigenvalue weighted by atomic mass is 35.5. The fourth-order valence-corrected chi connectivity index (χ4v) is 0.934. The van der Waals surface area contributed by atoms with Gasteiger partial charge in [-0.05, 0) is 11.5 Å². The Labute approximate surface area is 92.0 Å². The summed E-state index contributed by atoms with van der Waals surface area (Å²) in [7, 11) is 0. The molecule has 0 atom stereocenters. The summed E-state index contributed by atoms with van der Waals surface area (Å²) in [5, 5.41) is 0. The Balaban J connectivity index is 0.00000169. The molecule has 2 nitrogen and oxygen atoms in total. The predicted molar refractivity (Wildman–Crippen MR) is 61.3 cm³/mol. The molecule has 14 heavy (non-hydrogen) atoms. The van der Waals surface area contributed by atoms with E-state index in [0.29, 0.717) is 12.5 Å². The van der Waals surface area contributed by atoms with Crippen LogP contribution < -0.4 is 5.48 Å². The Morgan fingerprint density at radius 3 is 2.43 bits per heavy atom. The molecule has 1 N–H and O–H groups in total. The highest BCUT2D eigenvalue weighted by Crippen LogP contribution is 1.99. The van der Waals surface area contributed by atoms with E-state index in [0.717, 1.165) is 6.54 Å². The number of hydrogen-bond acceptors (Lipinski definition) is 2. The molecule has 0 heterocycles. The summed E-state index contributed by atoms with van der Waals surface area (Å²) in [5.74, 6) is 0.621. The summed E-state index contributed by atoms with van der Waals surface area (Å²) in [6.07, 6.45) is 0. The smallest absolute Gasteiger partial charge is 0.0933 e. The molecule has 0 unspecified atom stereocenters. The molecule has 0 radical (unpaired) electrons. The van der Waals surface area contributed by atoms with Crippen LogP contribution in [0, 0.1) is 5.92 Å². The zero-order valence-electron chi connectivity index (χ0n) is 8.69. The topological polar surface area (TPSA) is 21.3 Å². The maximum absolute atomic E-state index is 5.28. The van der Waals surface area contributed by atoms with Gasteiger partial charge < -0.3 is 0 Å². The molecule has 80 valence electrons. The standard InChI is InChI=1S/C11H17NO.ClH/c1-10(2)8-12-13-9-11-6-4-3-5-7-11;/h3-7,10,12H,8-9H2,1-2H3;1H. The molecule has 0 saturated heterocycles. The van der Waals surface area contributed by atoms with Gasteiger partial charge in [0.15, 0.2) is 0 Å². The fraction of sp³-hybridized carbons (Fsp3) is 0.455. The molecule has 0 aliphatic carbocycles. The maximum Gasteiger partial charge on any atom is 0.0933 e. The van der Waals surface area contributed by atoms with E-state index in [-0.39, 0.29) is 12.4 Å². The van der Waals surface area contributed by atoms with Crippen molar-refractivity contribution in [1.29, 1.82) is 0 Å². The van der Waals surface area contributed by atoms with Crippen molar-refractivity contribution in [2.45, 2.75) is 20.5 Å². The number of hydroxylamine groups is 1. The Morgan fingerprint density at radius 1 is 1.21 bits per heavy atom. The molecule has 1 aromatic rings. The molecule has 0 saturated carbocycles. The molecule has 0 bridgehead atoms. The average Bonchev–Trinajstić information content (AvgIpc) is 2.14. The van der Waals surface area contributed by atoms with Crippen LogP contribution in [0.5, 0.6) is 0 Å². The van der Waals surface area contributed by atoms with Crippen LogP contribution in [0.25, 0.3) is 0 Å². The third-order valence-corrected chi connectivity index (χ3v) is 1.68. The van der Waals surface area contributed by atoms with E-state index in [1.165, 1.54) is 5.56 Å². The first-order chi connectivity index (χ1) is 6.29. The van der Waals surface area contributed by atoms with E-state index in [2.05, 4.69) is 31.5 Å². The summed E-state index contributed by atoms with van der Waals surface area (Å²) in [4.78, 5) is 5.28. The van der Waals surface area contributed by atoms with Crippen LogP contribution in [0.1, 0.15) is 19.4 Å². The average molecular weight is 216 g/mol. The fourth-order valence-electron chi connectivity index (χ4n) is 0.934. The first-order valence-corrected chi connectivity index (χ1v) is 4.67. The lowest BCUT2D eigenvalue weighted by Crippen LogP contribution is -2.19. The summed E-state index contributed by atoms with van der Waals surface area (Å²) in [6, 6.07) is 10.1. The molecular formula is C11H18ClNO. The van der Waals surface area contributed by atoms with Crippen molar-refractivity contribution in [2.24, 2.45) is 5.92 Å². The largest absolute Gasteiger partial charge is 0.297 e. The monoisotopic (exact) mass is 215 g/mol. The normalized spacial score (nSPS) is 9.93. The van der Waals surface area contributed by atoms with Crippen LogP contribution in [0.15, 0.2) is 30.3 Å². The molecule has 0 aliphatic heterocycles. The van der Waals surface area contributed by atoms with Crippen molar-refractivity contribution in [1.82, 2.24) is 5.48 Å². The highest BCUT2D eigenvalue weighted by molar-refractivity contribution is 5.85. The molecule has 1 rings (SSSR count). The minimum Gasteiger partial charge on any atom is -0.297 e. The molecule has 1 aromatic carbocycles. The van der Waals surface area contributed by atoms with Gasteiger partial charge in [0.2, 0.25) is 0 Å². The Hall–Kier alpha value is -0.570. The van der Waals surface area contributed by atoms with E-state index in [1.54, 1.807) is 0 Å². The van der Waals surface area contributed by atoms with Gasteiger partial charge >= 0.3 is 0 Å². The van der Waals surface area contributed by atoms with Crippen LogP contribution in [-0.2, 0) is 11.4 Å². The van der Waals surface area contributed by atoms with Crippen molar-refractivity contribution < 1.29 is 4.84 Å². The first-order valence-electron chi connectivity index (χ1n) is 4.67. The summed E-state index contributed by atoms with van der Waals surface area (Å²) >= 11 is 0. The van der Waals surface area contributed by atoms with E-state index in [4.69, 9.17) is 4.84 Å². The molecule has 0 aliphatic rings. The Morgan fingerprint density at radius 2 is 1.86 bits per heavy atom. The number of nitrogens with one attached hydrogen (secondary N) is 1. The maximum atomic E-state index is 5.28. The van der Waals surface area contributed by atoms with Crippen molar-refractivity contribution in [2.75, 3.05) is 6.54 Å². The molecule has 0 aromatic heterocycles. The van der Waals surface area contributed by atoms with Crippen LogP contribution in [0.4, 0.5) is 0 Å². The minimum atomic E-state index is 0. The lowest BCUT2D eigenvalue weighted by atomic mass is 10.2. The number of halogens is 1. The predicted octanol–water partition coefficient (Wildman–Crippen LogP) is 2.79. The van der Waals surface area contributed by atoms with Crippen LogP contribution in [0.2, 0.25) is 0 Å². The summed E-state index contributed by atoms with van der Waals surface area (Å²) < 4.78 is 0. The van der Waals surface area contributed by atoms with Gasteiger partial charge in [-0.2, -0.15) is 0 Å². The Bertz CT molecular complexity index is 226. The second-order valence-electron chi connectivity index (χ2n) is 3.52. The van der Waals surface area contributed by atoms with E-state index >= 15 is 0 Å².